The quantitative estimate of drug-likeness (QED) is 0.799. The van der Waals surface area contributed by atoms with Gasteiger partial charge in [-0.3, -0.25) is 0 Å². The number of hydrogen-bond donors (Lipinski definition) is 0. The van der Waals surface area contributed by atoms with Crippen LogP contribution in [-0.2, 0) is 4.74 Å². The highest BCUT2D eigenvalue weighted by molar-refractivity contribution is 5.96. The third-order valence-electron chi connectivity index (χ3n) is 4.03. The second kappa shape index (κ2) is 7.16. The van der Waals surface area contributed by atoms with E-state index in [1.807, 2.05) is 50.5 Å². The Bertz CT molecular complexity index is 841. The van der Waals surface area contributed by atoms with Crippen molar-refractivity contribution in [3.63, 3.8) is 0 Å². The normalized spacial score (nSPS) is 14.4. The summed E-state index contributed by atoms with van der Waals surface area (Å²) in [6.07, 6.45) is 3.69. The van der Waals surface area contributed by atoms with Crippen LogP contribution in [0.1, 0.15) is 22.3 Å². The molecule has 3 nitrogen and oxygen atoms in total. The van der Waals surface area contributed by atoms with Crippen molar-refractivity contribution in [2.45, 2.75) is 0 Å². The van der Waals surface area contributed by atoms with Crippen LogP contribution in [0.4, 0.5) is 0 Å². The molecule has 0 heterocycles. The highest BCUT2D eigenvalue weighted by Gasteiger charge is 2.19. The van der Waals surface area contributed by atoms with Crippen molar-refractivity contribution in [3.8, 4) is 6.07 Å². The molecule has 0 spiro atoms. The highest BCUT2D eigenvalue weighted by atomic mass is 16.5. The Morgan fingerprint density at radius 1 is 1.00 bits per heavy atom. The lowest BCUT2D eigenvalue weighted by atomic mass is 9.93. The molecule has 0 aromatic heterocycles. The van der Waals surface area contributed by atoms with Crippen LogP contribution in [0.5, 0.6) is 0 Å². The van der Waals surface area contributed by atoms with Gasteiger partial charge in [0.2, 0.25) is 0 Å². The number of benzene rings is 2. The molecule has 120 valence electrons. The summed E-state index contributed by atoms with van der Waals surface area (Å²) in [7, 11) is 4.06. The van der Waals surface area contributed by atoms with E-state index < -0.39 is 0 Å². The van der Waals surface area contributed by atoms with Crippen LogP contribution in [-0.4, -0.2) is 32.1 Å². The smallest absolute Gasteiger partial charge is 0.127 e. The molecule has 0 unspecified atom stereocenters. The summed E-state index contributed by atoms with van der Waals surface area (Å²) in [5, 5.41) is 9.25. The maximum Gasteiger partial charge on any atom is 0.127 e. The van der Waals surface area contributed by atoms with Gasteiger partial charge in [-0.05, 0) is 36.9 Å². The average Bonchev–Trinajstić information content (AvgIpc) is 2.71. The zero-order valence-corrected chi connectivity index (χ0v) is 14.0. The summed E-state index contributed by atoms with van der Waals surface area (Å²) in [6, 6.07) is 18.4. The number of rotatable bonds is 4. The van der Waals surface area contributed by atoms with Crippen molar-refractivity contribution < 1.29 is 4.74 Å². The highest BCUT2D eigenvalue weighted by Crippen LogP contribution is 2.37. The van der Waals surface area contributed by atoms with Crippen molar-refractivity contribution in [1.82, 2.24) is 4.90 Å². The molecule has 3 rings (SSSR count). The molecule has 0 atom stereocenters. The molecular weight excluding hydrogens is 296 g/mol. The Morgan fingerprint density at radius 3 is 2.38 bits per heavy atom. The van der Waals surface area contributed by atoms with Gasteiger partial charge in [0, 0.05) is 23.8 Å². The zero-order valence-electron chi connectivity index (χ0n) is 14.0. The van der Waals surface area contributed by atoms with Crippen LogP contribution in [0.3, 0.4) is 0 Å². The molecule has 0 bridgehead atoms. The van der Waals surface area contributed by atoms with Gasteiger partial charge in [-0.15, -0.1) is 0 Å². The lowest BCUT2D eigenvalue weighted by Crippen LogP contribution is -2.17. The van der Waals surface area contributed by atoms with E-state index in [1.54, 1.807) is 6.08 Å². The molecule has 3 heteroatoms. The first-order valence-electron chi connectivity index (χ1n) is 7.99. The summed E-state index contributed by atoms with van der Waals surface area (Å²) >= 11 is 0. The number of hydrogen-bond acceptors (Lipinski definition) is 3. The molecular formula is C21H20N2O. The number of fused-ring (bicyclic) bond motifs is 2. The molecule has 0 radical (unpaired) electrons. The van der Waals surface area contributed by atoms with E-state index in [0.29, 0.717) is 6.61 Å². The zero-order chi connectivity index (χ0) is 16.9. The molecule has 0 saturated carbocycles. The van der Waals surface area contributed by atoms with Crippen LogP contribution >= 0.6 is 0 Å². The SMILES string of the molecule is CN(C)CCOC1=Cc2ccccc2C(=CC#N)c2ccccc21. The van der Waals surface area contributed by atoms with E-state index in [9.17, 15) is 5.26 Å². The third-order valence-corrected chi connectivity index (χ3v) is 4.03. The molecule has 2 aromatic carbocycles. The number of nitrogens with zero attached hydrogens (tertiary/aromatic N) is 2. The predicted molar refractivity (Wildman–Crippen MR) is 98.0 cm³/mol. The van der Waals surface area contributed by atoms with Crippen LogP contribution in [0.15, 0.2) is 54.6 Å². The largest absolute Gasteiger partial charge is 0.492 e. The Hall–Kier alpha value is -2.83. The first kappa shape index (κ1) is 16.0. The fraction of sp³-hybridized carbons (Fsp3) is 0.190. The lowest BCUT2D eigenvalue weighted by molar-refractivity contribution is 0.234. The Morgan fingerprint density at radius 2 is 1.67 bits per heavy atom. The van der Waals surface area contributed by atoms with Gasteiger partial charge < -0.3 is 9.64 Å². The van der Waals surface area contributed by atoms with E-state index in [1.165, 1.54) is 0 Å². The van der Waals surface area contributed by atoms with Crippen LogP contribution in [0.25, 0.3) is 17.4 Å². The second-order valence-corrected chi connectivity index (χ2v) is 5.98. The molecule has 1 aliphatic rings. The fourth-order valence-electron chi connectivity index (χ4n) is 2.84. The van der Waals surface area contributed by atoms with Gasteiger partial charge in [-0.1, -0.05) is 48.5 Å². The van der Waals surface area contributed by atoms with Gasteiger partial charge in [-0.25, -0.2) is 0 Å². The van der Waals surface area contributed by atoms with Gasteiger partial charge in [0.25, 0.3) is 0 Å². The Labute approximate surface area is 143 Å². The van der Waals surface area contributed by atoms with E-state index >= 15 is 0 Å². The van der Waals surface area contributed by atoms with Gasteiger partial charge in [0.05, 0.1) is 6.07 Å². The van der Waals surface area contributed by atoms with Crippen LogP contribution in [0.2, 0.25) is 0 Å². The van der Waals surface area contributed by atoms with Crippen LogP contribution < -0.4 is 0 Å². The molecule has 0 saturated heterocycles. The topological polar surface area (TPSA) is 36.3 Å². The second-order valence-electron chi connectivity index (χ2n) is 5.98. The van der Waals surface area contributed by atoms with E-state index in [0.717, 1.165) is 40.1 Å². The summed E-state index contributed by atoms with van der Waals surface area (Å²) in [5.41, 5.74) is 5.10. The molecule has 0 fully saturated rings. The molecule has 0 aliphatic heterocycles. The van der Waals surface area contributed by atoms with Crippen molar-refractivity contribution in [3.05, 3.63) is 76.9 Å². The van der Waals surface area contributed by atoms with Crippen molar-refractivity contribution in [1.29, 1.82) is 5.26 Å². The molecule has 0 N–H and O–H groups in total. The summed E-state index contributed by atoms with van der Waals surface area (Å²) in [5.74, 6) is 0.848. The van der Waals surface area contributed by atoms with Crippen molar-refractivity contribution in [2.24, 2.45) is 0 Å². The summed E-state index contributed by atoms with van der Waals surface area (Å²) in [4.78, 5) is 2.10. The van der Waals surface area contributed by atoms with Gasteiger partial charge >= 0.3 is 0 Å². The molecule has 24 heavy (non-hydrogen) atoms. The first-order valence-corrected chi connectivity index (χ1v) is 7.99. The van der Waals surface area contributed by atoms with Gasteiger partial charge in [-0.2, -0.15) is 5.26 Å². The molecule has 1 aliphatic carbocycles. The third kappa shape index (κ3) is 3.24. The van der Waals surface area contributed by atoms with E-state index in [4.69, 9.17) is 4.74 Å². The number of allylic oxidation sites excluding steroid dienone is 1. The van der Waals surface area contributed by atoms with Crippen LogP contribution in [0, 0.1) is 11.3 Å². The minimum atomic E-state index is 0.618. The van der Waals surface area contributed by atoms with E-state index in [-0.39, 0.29) is 0 Å². The molecule has 0 amide bonds. The van der Waals surface area contributed by atoms with Crippen molar-refractivity contribution in [2.75, 3.05) is 27.2 Å². The number of ether oxygens (including phenoxy) is 1. The number of likely N-dealkylation sites (N-methyl/N-ethyl adjacent to an activating group) is 1. The minimum Gasteiger partial charge on any atom is -0.492 e. The lowest BCUT2D eigenvalue weighted by Gasteiger charge is -2.15. The van der Waals surface area contributed by atoms with Crippen molar-refractivity contribution >= 4 is 17.4 Å². The maximum atomic E-state index is 9.25. The standard InChI is InChI=1S/C21H20N2O/c1-23(2)13-14-24-21-15-16-7-3-4-8-17(16)19(11-12-22)18-9-5-6-10-20(18)21/h3-11,15H,13-14H2,1-2H3. The first-order chi connectivity index (χ1) is 11.7. The van der Waals surface area contributed by atoms with Gasteiger partial charge in [0.1, 0.15) is 12.4 Å². The average molecular weight is 316 g/mol. The Kier molecular flexibility index (Phi) is 4.79. The number of nitriles is 1. The van der Waals surface area contributed by atoms with E-state index in [2.05, 4.69) is 29.2 Å². The maximum absolute atomic E-state index is 9.25. The predicted octanol–water partition coefficient (Wildman–Crippen LogP) is 4.03. The Balaban J connectivity index is 2.13. The fourth-order valence-corrected chi connectivity index (χ4v) is 2.84. The summed E-state index contributed by atoms with van der Waals surface area (Å²) < 4.78 is 6.09. The minimum absolute atomic E-state index is 0.618. The molecule has 2 aromatic rings. The van der Waals surface area contributed by atoms with Gasteiger partial charge in [0.15, 0.2) is 0 Å². The summed E-state index contributed by atoms with van der Waals surface area (Å²) in [6.45, 7) is 1.47. The monoisotopic (exact) mass is 316 g/mol.